The van der Waals surface area contributed by atoms with E-state index in [-0.39, 0.29) is 12.2 Å². The van der Waals surface area contributed by atoms with Crippen molar-refractivity contribution >= 4 is 32.1 Å². The van der Waals surface area contributed by atoms with Crippen LogP contribution < -0.4 is 9.62 Å². The molecule has 0 unspecified atom stereocenters. The molecule has 1 aliphatic heterocycles. The van der Waals surface area contributed by atoms with Crippen LogP contribution in [0.1, 0.15) is 39.2 Å². The predicted molar refractivity (Wildman–Crippen MR) is 140 cm³/mol. The molecule has 10 heteroatoms. The number of sulfonamides is 1. The van der Waals surface area contributed by atoms with Crippen molar-refractivity contribution in [2.45, 2.75) is 58.0 Å². The Bertz CT molecular complexity index is 1230. The first-order valence-electron chi connectivity index (χ1n) is 12.2. The fraction of sp³-hybridized carbons (Fsp3) is 0.500. The molecule has 1 fully saturated rings. The maximum absolute atomic E-state index is 13.1. The lowest BCUT2D eigenvalue weighted by Gasteiger charge is -2.36. The molecule has 0 bridgehead atoms. The predicted octanol–water partition coefficient (Wildman–Crippen LogP) is 2.12. The van der Waals surface area contributed by atoms with Crippen molar-refractivity contribution in [1.82, 2.24) is 4.72 Å². The number of aliphatic hydroxyl groups excluding tert-OH is 3. The largest absolute Gasteiger partial charge is 0.394 e. The minimum atomic E-state index is -4.34. The van der Waals surface area contributed by atoms with Crippen molar-refractivity contribution in [1.29, 1.82) is 5.26 Å². The molecular weight excluding hydrogens is 482 g/mol. The Labute approximate surface area is 212 Å². The SMILES string of the molecule is CCCN(CCC)c1ccc2cc(/C(C)=C(\C#N)S(=O)(=O)N[C@H]3CO[C@H](CO)[C@@H](O)[C@@H]3O)ccc2c1. The van der Waals surface area contributed by atoms with Crippen molar-refractivity contribution < 1.29 is 28.5 Å². The molecule has 4 N–H and O–H groups in total. The number of ether oxygens (including phenoxy) is 1. The van der Waals surface area contributed by atoms with Gasteiger partial charge < -0.3 is 25.0 Å². The monoisotopic (exact) mass is 517 g/mol. The average Bonchev–Trinajstić information content (AvgIpc) is 2.86. The minimum Gasteiger partial charge on any atom is -0.394 e. The van der Waals surface area contributed by atoms with E-state index < -0.39 is 45.9 Å². The summed E-state index contributed by atoms with van der Waals surface area (Å²) in [7, 11) is -4.34. The Morgan fingerprint density at radius 3 is 2.36 bits per heavy atom. The first-order chi connectivity index (χ1) is 17.2. The molecule has 1 heterocycles. The number of aliphatic hydroxyl groups is 3. The molecule has 0 saturated carbocycles. The lowest BCUT2D eigenvalue weighted by atomic mass is 9.99. The van der Waals surface area contributed by atoms with Gasteiger partial charge in [-0.15, -0.1) is 0 Å². The summed E-state index contributed by atoms with van der Waals surface area (Å²) in [5, 5.41) is 41.2. The quantitative estimate of drug-likeness (QED) is 0.351. The lowest BCUT2D eigenvalue weighted by Crippen LogP contribution is -2.59. The van der Waals surface area contributed by atoms with Crippen LogP contribution in [0.15, 0.2) is 41.3 Å². The number of benzene rings is 2. The molecule has 4 atom stereocenters. The van der Waals surface area contributed by atoms with Crippen LogP contribution in [0.2, 0.25) is 0 Å². The fourth-order valence-corrected chi connectivity index (χ4v) is 5.82. The van der Waals surface area contributed by atoms with Crippen LogP contribution in [0.25, 0.3) is 16.3 Å². The van der Waals surface area contributed by atoms with Gasteiger partial charge in [-0.05, 0) is 59.9 Å². The third-order valence-corrected chi connectivity index (χ3v) is 7.99. The number of hydrogen-bond acceptors (Lipinski definition) is 8. The normalized spacial score (nSPS) is 23.2. The third-order valence-electron chi connectivity index (χ3n) is 6.44. The van der Waals surface area contributed by atoms with Crippen molar-refractivity contribution in [3.63, 3.8) is 0 Å². The van der Waals surface area contributed by atoms with Gasteiger partial charge in [0.25, 0.3) is 10.0 Å². The van der Waals surface area contributed by atoms with E-state index in [1.54, 1.807) is 19.1 Å². The number of nitrogens with zero attached hydrogens (tertiary/aromatic N) is 2. The molecule has 3 rings (SSSR count). The maximum Gasteiger partial charge on any atom is 0.251 e. The fourth-order valence-electron chi connectivity index (χ4n) is 4.45. The number of hydrogen-bond donors (Lipinski definition) is 4. The second-order valence-corrected chi connectivity index (χ2v) is 10.7. The summed E-state index contributed by atoms with van der Waals surface area (Å²) in [5.74, 6) is 0. The van der Waals surface area contributed by atoms with Crippen LogP contribution in [0.5, 0.6) is 0 Å². The molecule has 2 aromatic rings. The van der Waals surface area contributed by atoms with E-state index in [1.807, 2.05) is 18.2 Å². The zero-order valence-electron chi connectivity index (χ0n) is 20.9. The van der Waals surface area contributed by atoms with Gasteiger partial charge in [-0.1, -0.05) is 32.0 Å². The molecular formula is C26H35N3O6S. The van der Waals surface area contributed by atoms with Crippen LogP contribution in [0.4, 0.5) is 5.69 Å². The number of allylic oxidation sites excluding steroid dienone is 2. The lowest BCUT2D eigenvalue weighted by molar-refractivity contribution is -0.158. The van der Waals surface area contributed by atoms with E-state index in [2.05, 4.69) is 35.6 Å². The molecule has 0 aromatic heterocycles. The first-order valence-corrected chi connectivity index (χ1v) is 13.7. The van der Waals surface area contributed by atoms with Gasteiger partial charge in [0.2, 0.25) is 0 Å². The Morgan fingerprint density at radius 1 is 1.11 bits per heavy atom. The molecule has 0 aliphatic carbocycles. The zero-order chi connectivity index (χ0) is 26.5. The topological polar surface area (TPSA) is 143 Å². The van der Waals surface area contributed by atoms with E-state index in [4.69, 9.17) is 4.74 Å². The Kier molecular flexibility index (Phi) is 9.47. The molecule has 1 saturated heterocycles. The van der Waals surface area contributed by atoms with E-state index in [1.165, 1.54) is 0 Å². The van der Waals surface area contributed by atoms with Gasteiger partial charge in [-0.3, -0.25) is 0 Å². The molecule has 196 valence electrons. The summed E-state index contributed by atoms with van der Waals surface area (Å²) in [5.41, 5.74) is 1.97. The summed E-state index contributed by atoms with van der Waals surface area (Å²) >= 11 is 0. The van der Waals surface area contributed by atoms with E-state index in [0.29, 0.717) is 5.56 Å². The highest BCUT2D eigenvalue weighted by molar-refractivity contribution is 7.93. The van der Waals surface area contributed by atoms with Gasteiger partial charge in [-0.25, -0.2) is 13.1 Å². The zero-order valence-corrected chi connectivity index (χ0v) is 21.7. The number of fused-ring (bicyclic) bond motifs is 1. The van der Waals surface area contributed by atoms with Gasteiger partial charge in [0.15, 0.2) is 4.91 Å². The highest BCUT2D eigenvalue weighted by atomic mass is 32.2. The second-order valence-electron chi connectivity index (χ2n) is 9.06. The van der Waals surface area contributed by atoms with Crippen molar-refractivity contribution in [3.8, 4) is 6.07 Å². The number of nitrogens with one attached hydrogen (secondary N) is 1. The number of rotatable bonds is 10. The van der Waals surface area contributed by atoms with Crippen LogP contribution in [0.3, 0.4) is 0 Å². The highest BCUT2D eigenvalue weighted by Gasteiger charge is 2.40. The maximum atomic E-state index is 13.1. The molecule has 1 aliphatic rings. The number of nitriles is 1. The van der Waals surface area contributed by atoms with Crippen LogP contribution in [-0.2, 0) is 14.8 Å². The molecule has 36 heavy (non-hydrogen) atoms. The van der Waals surface area contributed by atoms with Gasteiger partial charge in [0, 0.05) is 18.8 Å². The van der Waals surface area contributed by atoms with Gasteiger partial charge in [0.05, 0.1) is 19.3 Å². The highest BCUT2D eigenvalue weighted by Crippen LogP contribution is 2.28. The standard InChI is InChI=1S/C26H35N3O6S/c1-4-10-29(11-5-2)21-9-8-19-12-18(6-7-20(19)13-21)17(3)24(14-27)36(33,34)28-22-16-35-23(15-30)26(32)25(22)31/h6-9,12-13,22-23,25-26,28,30-32H,4-5,10-11,15-16H2,1-3H3/b24-17+/t22-,23+,25+,26+/m0/s1. The summed E-state index contributed by atoms with van der Waals surface area (Å²) in [6.07, 6.45) is -1.89. The Morgan fingerprint density at radius 2 is 1.75 bits per heavy atom. The summed E-state index contributed by atoms with van der Waals surface area (Å²) < 4.78 is 33.6. The third kappa shape index (κ3) is 6.06. The van der Waals surface area contributed by atoms with Crippen molar-refractivity contribution in [2.75, 3.05) is 31.2 Å². The minimum absolute atomic E-state index is 0.258. The van der Waals surface area contributed by atoms with Crippen LogP contribution in [0, 0.1) is 11.3 Å². The summed E-state index contributed by atoms with van der Waals surface area (Å²) in [6.45, 7) is 7.02. The summed E-state index contributed by atoms with van der Waals surface area (Å²) in [4.78, 5) is 1.86. The van der Waals surface area contributed by atoms with E-state index in [0.717, 1.165) is 42.4 Å². The molecule has 0 radical (unpaired) electrons. The summed E-state index contributed by atoms with van der Waals surface area (Å²) in [6, 6.07) is 12.3. The average molecular weight is 518 g/mol. The number of anilines is 1. The first kappa shape index (κ1) is 28.1. The van der Waals surface area contributed by atoms with Crippen LogP contribution >= 0.6 is 0 Å². The second kappa shape index (κ2) is 12.1. The molecule has 0 spiro atoms. The molecule has 9 nitrogen and oxygen atoms in total. The molecule has 0 amide bonds. The smallest absolute Gasteiger partial charge is 0.251 e. The van der Waals surface area contributed by atoms with E-state index >= 15 is 0 Å². The Hall–Kier alpha value is -2.52. The van der Waals surface area contributed by atoms with Gasteiger partial charge >= 0.3 is 0 Å². The Balaban J connectivity index is 1.90. The van der Waals surface area contributed by atoms with Crippen molar-refractivity contribution in [3.05, 3.63) is 46.9 Å². The van der Waals surface area contributed by atoms with Gasteiger partial charge in [-0.2, -0.15) is 5.26 Å². The molecule has 2 aromatic carbocycles. The van der Waals surface area contributed by atoms with E-state index in [9.17, 15) is 29.0 Å². The van der Waals surface area contributed by atoms with Crippen LogP contribution in [-0.4, -0.2) is 74.4 Å². The van der Waals surface area contributed by atoms with Crippen molar-refractivity contribution in [2.24, 2.45) is 0 Å². The van der Waals surface area contributed by atoms with Gasteiger partial charge in [0.1, 0.15) is 24.4 Å².